The predicted molar refractivity (Wildman–Crippen MR) is 268 cm³/mol. The van der Waals surface area contributed by atoms with Gasteiger partial charge in [0, 0.05) is 75.6 Å². The van der Waals surface area contributed by atoms with Crippen LogP contribution in [0, 0.1) is 31.2 Å². The van der Waals surface area contributed by atoms with Gasteiger partial charge < -0.3 is 19.9 Å². The first kappa shape index (κ1) is 51.2. The molecule has 0 aliphatic carbocycles. The van der Waals surface area contributed by atoms with Gasteiger partial charge in [-0.25, -0.2) is 0 Å². The molecule has 4 aromatic heterocycles. The van der Waals surface area contributed by atoms with Crippen LogP contribution in [0.2, 0.25) is 0 Å². The standard InChI is InChI=1S/2C19H16N.C12H10N.C11H8N.2Ir/c2*1-2-15-13-19(17-11-7-4-8-12-17)20-14-18(15)16-9-5-3-6-10-16;1-10-6-5-9-12(13-10)11-7-3-2-4-8-11;1-2-6-10(7-3-1)11-8-4-5-9-12-11;;/h2*3-11,13-14H,2H2,1H3;2-7,9H,1H3;1-6,8-9H;;/q4*-1;;. The molecule has 6 heteroatoms. The van der Waals surface area contributed by atoms with E-state index in [0.717, 1.165) is 63.6 Å². The Kier molecular flexibility index (Phi) is 21.1. The second-order valence-corrected chi connectivity index (χ2v) is 14.9. The van der Waals surface area contributed by atoms with Gasteiger partial charge in [0.05, 0.1) is 0 Å². The van der Waals surface area contributed by atoms with Gasteiger partial charge in [0.1, 0.15) is 0 Å². The third-order valence-electron chi connectivity index (χ3n) is 10.4. The Hall–Kier alpha value is -6.78. The Bertz CT molecular complexity index is 2760. The van der Waals surface area contributed by atoms with Crippen LogP contribution >= 0.6 is 0 Å². The molecule has 0 aliphatic heterocycles. The fourth-order valence-corrected chi connectivity index (χ4v) is 7.05. The van der Waals surface area contributed by atoms with Crippen molar-refractivity contribution in [2.75, 3.05) is 0 Å². The third kappa shape index (κ3) is 15.1. The Morgan fingerprint density at radius 2 is 0.761 bits per heavy atom. The van der Waals surface area contributed by atoms with Crippen molar-refractivity contribution >= 4 is 0 Å². The van der Waals surface area contributed by atoms with Gasteiger partial charge in [-0.2, -0.15) is 0 Å². The van der Waals surface area contributed by atoms with Crippen LogP contribution < -0.4 is 0 Å². The Morgan fingerprint density at radius 3 is 1.13 bits per heavy atom. The topological polar surface area (TPSA) is 51.6 Å². The second-order valence-electron chi connectivity index (χ2n) is 14.9. The molecule has 0 bridgehead atoms. The molecule has 0 aliphatic rings. The van der Waals surface area contributed by atoms with E-state index in [9.17, 15) is 0 Å². The maximum Gasteiger partial charge on any atom is 0.0266 e. The van der Waals surface area contributed by atoms with Gasteiger partial charge in [0.2, 0.25) is 0 Å². The molecule has 0 N–H and O–H groups in total. The van der Waals surface area contributed by atoms with Crippen LogP contribution in [0.4, 0.5) is 0 Å². The second kappa shape index (κ2) is 27.6. The first-order chi connectivity index (χ1) is 32.1. The van der Waals surface area contributed by atoms with E-state index in [2.05, 4.69) is 119 Å². The van der Waals surface area contributed by atoms with Crippen LogP contribution in [-0.4, -0.2) is 19.9 Å². The van der Waals surface area contributed by atoms with Gasteiger partial charge in [-0.05, 0) is 76.9 Å². The molecule has 0 unspecified atom stereocenters. The fraction of sp³-hybridized carbons (Fsp3) is 0.0820. The molecule has 4 nitrogen and oxygen atoms in total. The minimum atomic E-state index is 0. The molecule has 4 heterocycles. The van der Waals surface area contributed by atoms with E-state index in [0.29, 0.717) is 0 Å². The Morgan fingerprint density at radius 1 is 0.373 bits per heavy atom. The SMILES string of the molecule is CCc1cc(-c2[c-]cccc2)ncc1-c1ccccc1.CCc1cc(-c2[c-]cccc2)ncc1-c1ccccc1.Cc1cccc(-c2[c-]cccc2)n1.[Ir].[Ir].[c-]1ccccc1-c1ccccn1. The van der Waals surface area contributed by atoms with Crippen LogP contribution in [0.25, 0.3) is 67.3 Å². The molecule has 0 spiro atoms. The molecule has 6 aromatic carbocycles. The van der Waals surface area contributed by atoms with Gasteiger partial charge >= 0.3 is 0 Å². The summed E-state index contributed by atoms with van der Waals surface area (Å²) < 4.78 is 0. The predicted octanol–water partition coefficient (Wildman–Crippen LogP) is 15.0. The zero-order valence-electron chi connectivity index (χ0n) is 37.7. The van der Waals surface area contributed by atoms with Gasteiger partial charge in [-0.1, -0.05) is 111 Å². The number of benzene rings is 6. The van der Waals surface area contributed by atoms with Crippen molar-refractivity contribution in [2.45, 2.75) is 33.6 Å². The fourth-order valence-electron chi connectivity index (χ4n) is 7.05. The number of nitrogens with zero attached hydrogens (tertiary/aromatic N) is 4. The zero-order valence-corrected chi connectivity index (χ0v) is 42.5. The molecule has 67 heavy (non-hydrogen) atoms. The molecular formula is C61H50Ir2N4-4. The number of aryl methyl sites for hydroxylation is 3. The minimum absolute atomic E-state index is 0. The Balaban J connectivity index is 0.000000169. The van der Waals surface area contributed by atoms with E-state index in [1.807, 2.05) is 165 Å². The molecule has 0 fully saturated rings. The number of pyridine rings is 4. The van der Waals surface area contributed by atoms with Crippen molar-refractivity contribution in [3.8, 4) is 67.3 Å². The average molecular weight is 1220 g/mol. The summed E-state index contributed by atoms with van der Waals surface area (Å²) in [4.78, 5) is 17.8. The summed E-state index contributed by atoms with van der Waals surface area (Å²) in [6.45, 7) is 6.35. The number of hydrogen-bond acceptors (Lipinski definition) is 4. The van der Waals surface area contributed by atoms with Crippen molar-refractivity contribution in [1.29, 1.82) is 0 Å². The summed E-state index contributed by atoms with van der Waals surface area (Å²) >= 11 is 0. The van der Waals surface area contributed by atoms with Crippen LogP contribution in [-0.2, 0) is 53.1 Å². The van der Waals surface area contributed by atoms with Crippen LogP contribution in [0.1, 0.15) is 30.7 Å². The van der Waals surface area contributed by atoms with Crippen molar-refractivity contribution in [3.05, 3.63) is 266 Å². The van der Waals surface area contributed by atoms with E-state index >= 15 is 0 Å². The van der Waals surface area contributed by atoms with Crippen molar-refractivity contribution < 1.29 is 40.2 Å². The van der Waals surface area contributed by atoms with Crippen molar-refractivity contribution in [2.24, 2.45) is 0 Å². The van der Waals surface area contributed by atoms with Crippen LogP contribution in [0.15, 0.2) is 225 Å². The molecule has 0 amide bonds. The molecule has 0 saturated heterocycles. The Labute approximate surface area is 424 Å². The molecular weight excluding hydrogens is 1170 g/mol. The van der Waals surface area contributed by atoms with Gasteiger partial charge in [0.25, 0.3) is 0 Å². The number of rotatable bonds is 8. The average Bonchev–Trinajstić information content (AvgIpc) is 3.40. The van der Waals surface area contributed by atoms with Gasteiger partial charge in [-0.15, -0.1) is 144 Å². The van der Waals surface area contributed by atoms with Gasteiger partial charge in [0.15, 0.2) is 0 Å². The number of aromatic nitrogens is 4. The third-order valence-corrected chi connectivity index (χ3v) is 10.4. The zero-order chi connectivity index (χ0) is 44.9. The maximum atomic E-state index is 4.60. The molecule has 0 saturated carbocycles. The van der Waals surface area contributed by atoms with E-state index in [-0.39, 0.29) is 40.2 Å². The van der Waals surface area contributed by atoms with Crippen molar-refractivity contribution in [3.63, 3.8) is 0 Å². The monoisotopic (exact) mass is 1220 g/mol. The molecule has 0 atom stereocenters. The molecule has 336 valence electrons. The minimum Gasteiger partial charge on any atom is -0.305 e. The summed E-state index contributed by atoms with van der Waals surface area (Å²) in [6, 6.07) is 81.4. The van der Waals surface area contributed by atoms with Crippen LogP contribution in [0.5, 0.6) is 0 Å². The summed E-state index contributed by atoms with van der Waals surface area (Å²) in [5.41, 5.74) is 16.7. The maximum absolute atomic E-state index is 4.60. The molecule has 10 aromatic rings. The van der Waals surface area contributed by atoms with E-state index in [1.165, 1.54) is 33.4 Å². The molecule has 2 radical (unpaired) electrons. The first-order valence-electron chi connectivity index (χ1n) is 21.9. The summed E-state index contributed by atoms with van der Waals surface area (Å²) in [7, 11) is 0. The quantitative estimate of drug-likeness (QED) is 0.142. The smallest absolute Gasteiger partial charge is 0.0266 e. The van der Waals surface area contributed by atoms with E-state index in [4.69, 9.17) is 0 Å². The number of hydrogen-bond donors (Lipinski definition) is 0. The van der Waals surface area contributed by atoms with Crippen molar-refractivity contribution in [1.82, 2.24) is 19.9 Å². The summed E-state index contributed by atoms with van der Waals surface area (Å²) in [5, 5.41) is 0. The summed E-state index contributed by atoms with van der Waals surface area (Å²) in [6.07, 6.45) is 7.73. The summed E-state index contributed by atoms with van der Waals surface area (Å²) in [5.74, 6) is 0. The van der Waals surface area contributed by atoms with Crippen LogP contribution in [0.3, 0.4) is 0 Å². The van der Waals surface area contributed by atoms with Gasteiger partial charge in [-0.3, -0.25) is 0 Å². The van der Waals surface area contributed by atoms with E-state index in [1.54, 1.807) is 6.20 Å². The largest absolute Gasteiger partial charge is 0.305 e. The molecule has 10 rings (SSSR count). The first-order valence-corrected chi connectivity index (χ1v) is 21.9. The van der Waals surface area contributed by atoms with E-state index < -0.39 is 0 Å². The normalized spacial score (nSPS) is 9.90.